The highest BCUT2D eigenvalue weighted by Gasteiger charge is 2.25. The monoisotopic (exact) mass is 730 g/mol. The van der Waals surface area contributed by atoms with Gasteiger partial charge >= 0.3 is 23.9 Å². The molecule has 0 saturated heterocycles. The van der Waals surface area contributed by atoms with Crippen molar-refractivity contribution >= 4 is 35.3 Å². The fourth-order valence-corrected chi connectivity index (χ4v) is 4.70. The van der Waals surface area contributed by atoms with Crippen molar-refractivity contribution in [1.82, 2.24) is 0 Å². The SMILES string of the molecule is COC(=O)c1ccc(NNc2ccc(OC(=O)c3ccc(OC(=O)c4ccc(OCCOCCOC(=O)C(F)CC(C)(C)C)cc4)cc3)c(C)c2)cc1. The van der Waals surface area contributed by atoms with Gasteiger partial charge < -0.3 is 39.3 Å². The first-order valence-electron chi connectivity index (χ1n) is 16.8. The third-order valence-electron chi connectivity index (χ3n) is 7.44. The lowest BCUT2D eigenvalue weighted by atomic mass is 9.90. The molecule has 1 unspecified atom stereocenters. The van der Waals surface area contributed by atoms with E-state index in [0.717, 1.165) is 11.4 Å². The molecule has 0 bridgehead atoms. The maximum Gasteiger partial charge on any atom is 0.343 e. The van der Waals surface area contributed by atoms with Crippen LogP contribution in [0.4, 0.5) is 15.8 Å². The first-order valence-corrected chi connectivity index (χ1v) is 16.8. The molecule has 53 heavy (non-hydrogen) atoms. The molecular weight excluding hydrogens is 687 g/mol. The van der Waals surface area contributed by atoms with Gasteiger partial charge in [-0.25, -0.2) is 23.6 Å². The molecule has 0 heterocycles. The van der Waals surface area contributed by atoms with Gasteiger partial charge in [0.1, 0.15) is 30.5 Å². The summed E-state index contributed by atoms with van der Waals surface area (Å²) in [4.78, 5) is 48.8. The number of esters is 4. The lowest BCUT2D eigenvalue weighted by Crippen LogP contribution is -2.25. The largest absolute Gasteiger partial charge is 0.491 e. The van der Waals surface area contributed by atoms with Crippen LogP contribution in [-0.4, -0.2) is 63.6 Å². The van der Waals surface area contributed by atoms with Gasteiger partial charge in [0.15, 0.2) is 6.17 Å². The Hall–Kier alpha value is -5.95. The lowest BCUT2D eigenvalue weighted by molar-refractivity contribution is -0.152. The minimum atomic E-state index is -1.67. The number of halogens is 1. The molecule has 0 aliphatic rings. The summed E-state index contributed by atoms with van der Waals surface area (Å²) in [6, 6.07) is 24.3. The molecule has 4 rings (SSSR count). The van der Waals surface area contributed by atoms with E-state index in [1.807, 2.05) is 20.8 Å². The van der Waals surface area contributed by atoms with E-state index in [1.54, 1.807) is 73.7 Å². The number of methoxy groups -OCH3 is 1. The van der Waals surface area contributed by atoms with Gasteiger partial charge in [-0.3, -0.25) is 0 Å². The standard InChI is InChI=1S/C40H43FN2O10/c1-26-24-31(43-42-30-12-6-27(7-13-30)36(44)48-5)14-19-35(26)53-38(46)29-10-17-33(18-11-29)52-37(45)28-8-15-32(16-9-28)50-22-20-49-21-23-51-39(47)34(41)25-40(2,3)4/h6-19,24,34,42-43H,20-23,25H2,1-5H3. The Morgan fingerprint density at radius 1 is 0.660 bits per heavy atom. The Morgan fingerprint density at radius 2 is 1.19 bits per heavy atom. The van der Waals surface area contributed by atoms with Gasteiger partial charge in [0.25, 0.3) is 0 Å². The Labute approximate surface area is 307 Å². The average Bonchev–Trinajstić information content (AvgIpc) is 3.14. The van der Waals surface area contributed by atoms with Crippen LogP contribution in [-0.2, 0) is 19.0 Å². The number of hydrogen-bond donors (Lipinski definition) is 2. The number of ether oxygens (including phenoxy) is 6. The van der Waals surface area contributed by atoms with Crippen molar-refractivity contribution in [3.05, 3.63) is 113 Å². The third-order valence-corrected chi connectivity index (χ3v) is 7.44. The first kappa shape index (κ1) is 39.8. The van der Waals surface area contributed by atoms with Crippen molar-refractivity contribution < 1.29 is 52.0 Å². The van der Waals surface area contributed by atoms with Gasteiger partial charge in [-0.1, -0.05) is 20.8 Å². The molecule has 0 amide bonds. The average molecular weight is 731 g/mol. The molecule has 4 aromatic rings. The van der Waals surface area contributed by atoms with Crippen LogP contribution in [0, 0.1) is 12.3 Å². The van der Waals surface area contributed by atoms with E-state index in [0.29, 0.717) is 22.6 Å². The summed E-state index contributed by atoms with van der Waals surface area (Å²) >= 11 is 0. The fraction of sp³-hybridized carbons (Fsp3) is 0.300. The fourth-order valence-electron chi connectivity index (χ4n) is 4.70. The third kappa shape index (κ3) is 13.0. The number of benzene rings is 4. The number of anilines is 2. The molecule has 1 atom stereocenters. The van der Waals surface area contributed by atoms with Crippen LogP contribution in [0.15, 0.2) is 91.0 Å². The zero-order valence-electron chi connectivity index (χ0n) is 30.2. The number of nitrogens with one attached hydrogen (secondary N) is 2. The summed E-state index contributed by atoms with van der Waals surface area (Å²) in [5, 5.41) is 0. The molecule has 0 aliphatic carbocycles. The predicted octanol–water partition coefficient (Wildman–Crippen LogP) is 7.37. The van der Waals surface area contributed by atoms with Gasteiger partial charge in [-0.15, -0.1) is 0 Å². The van der Waals surface area contributed by atoms with Crippen molar-refractivity contribution in [1.29, 1.82) is 0 Å². The minimum absolute atomic E-state index is 0.0566. The molecule has 4 aromatic carbocycles. The molecule has 0 aliphatic heterocycles. The highest BCUT2D eigenvalue weighted by molar-refractivity contribution is 5.93. The van der Waals surface area contributed by atoms with Gasteiger partial charge in [0, 0.05) is 0 Å². The van der Waals surface area contributed by atoms with Crippen molar-refractivity contribution in [2.75, 3.05) is 44.4 Å². The molecule has 13 heteroatoms. The second kappa shape index (κ2) is 19.0. The molecule has 0 saturated carbocycles. The van der Waals surface area contributed by atoms with Crippen LogP contribution in [0.1, 0.15) is 63.8 Å². The van der Waals surface area contributed by atoms with E-state index in [4.69, 9.17) is 28.4 Å². The van der Waals surface area contributed by atoms with Crippen LogP contribution >= 0.6 is 0 Å². The van der Waals surface area contributed by atoms with Crippen molar-refractivity contribution in [2.45, 2.75) is 40.3 Å². The van der Waals surface area contributed by atoms with Crippen molar-refractivity contribution in [2.24, 2.45) is 5.41 Å². The second-order valence-corrected chi connectivity index (χ2v) is 13.0. The Morgan fingerprint density at radius 3 is 1.79 bits per heavy atom. The smallest absolute Gasteiger partial charge is 0.343 e. The Kier molecular flexibility index (Phi) is 14.3. The number of hydrazine groups is 1. The normalized spacial score (nSPS) is 11.5. The molecular formula is C40H43FN2O10. The molecule has 280 valence electrons. The highest BCUT2D eigenvalue weighted by Crippen LogP contribution is 2.25. The van der Waals surface area contributed by atoms with E-state index >= 15 is 0 Å². The van der Waals surface area contributed by atoms with Gasteiger partial charge in [0.05, 0.1) is 48.4 Å². The van der Waals surface area contributed by atoms with Crippen LogP contribution in [0.3, 0.4) is 0 Å². The molecule has 0 spiro atoms. The van der Waals surface area contributed by atoms with E-state index in [2.05, 4.69) is 10.9 Å². The Bertz CT molecular complexity index is 1840. The van der Waals surface area contributed by atoms with E-state index in [9.17, 15) is 23.6 Å². The molecule has 0 radical (unpaired) electrons. The van der Waals surface area contributed by atoms with E-state index < -0.39 is 30.0 Å². The molecule has 12 nitrogen and oxygen atoms in total. The summed E-state index contributed by atoms with van der Waals surface area (Å²) in [5.41, 5.74) is 8.92. The van der Waals surface area contributed by atoms with Gasteiger partial charge in [0.2, 0.25) is 0 Å². The highest BCUT2D eigenvalue weighted by atomic mass is 19.1. The summed E-state index contributed by atoms with van der Waals surface area (Å²) in [6.07, 6.45) is -1.58. The zero-order chi connectivity index (χ0) is 38.4. The lowest BCUT2D eigenvalue weighted by Gasteiger charge is -2.19. The van der Waals surface area contributed by atoms with Crippen LogP contribution in [0.25, 0.3) is 0 Å². The van der Waals surface area contributed by atoms with Crippen LogP contribution < -0.4 is 25.1 Å². The van der Waals surface area contributed by atoms with Gasteiger partial charge in [-0.05, 0) is 115 Å². The maximum atomic E-state index is 13.9. The van der Waals surface area contributed by atoms with E-state index in [-0.39, 0.29) is 55.1 Å². The number of carbonyl (C=O) groups is 4. The van der Waals surface area contributed by atoms with E-state index in [1.165, 1.54) is 31.4 Å². The number of rotatable bonds is 17. The van der Waals surface area contributed by atoms with Gasteiger partial charge in [-0.2, -0.15) is 0 Å². The molecule has 0 fully saturated rings. The van der Waals surface area contributed by atoms with Crippen LogP contribution in [0.2, 0.25) is 0 Å². The number of carbonyl (C=O) groups excluding carboxylic acids is 4. The summed E-state index contributed by atoms with van der Waals surface area (Å²) < 4.78 is 45.5. The van der Waals surface area contributed by atoms with Crippen molar-refractivity contribution in [3.63, 3.8) is 0 Å². The summed E-state index contributed by atoms with van der Waals surface area (Å²) in [6.45, 7) is 7.82. The number of hydrogen-bond acceptors (Lipinski definition) is 12. The zero-order valence-corrected chi connectivity index (χ0v) is 30.2. The maximum absolute atomic E-state index is 13.9. The molecule has 0 aromatic heterocycles. The first-order chi connectivity index (χ1) is 25.3. The van der Waals surface area contributed by atoms with Crippen LogP contribution in [0.5, 0.6) is 17.2 Å². The number of alkyl halides is 1. The van der Waals surface area contributed by atoms with Crippen molar-refractivity contribution in [3.8, 4) is 17.2 Å². The quantitative estimate of drug-likeness (QED) is 0.0484. The number of aryl methyl sites for hydroxylation is 1. The molecule has 2 N–H and O–H groups in total. The second-order valence-electron chi connectivity index (χ2n) is 13.0. The summed E-state index contributed by atoms with van der Waals surface area (Å²) in [5.74, 6) is -1.37. The summed E-state index contributed by atoms with van der Waals surface area (Å²) in [7, 11) is 1.32. The topological polar surface area (TPSA) is 148 Å². The minimum Gasteiger partial charge on any atom is -0.491 e. The Balaban J connectivity index is 1.16. The predicted molar refractivity (Wildman–Crippen MR) is 195 cm³/mol.